The summed E-state index contributed by atoms with van der Waals surface area (Å²) < 4.78 is 5.12. The van der Waals surface area contributed by atoms with E-state index in [0.29, 0.717) is 6.54 Å². The van der Waals surface area contributed by atoms with E-state index in [9.17, 15) is 5.11 Å². The molecular formula is C17H22N2O2. The Balaban J connectivity index is 2.02. The lowest BCUT2D eigenvalue weighted by Gasteiger charge is -2.20. The van der Waals surface area contributed by atoms with Crippen LogP contribution in [0.2, 0.25) is 0 Å². The molecule has 1 atom stereocenters. The topological polar surface area (TPSA) is 44.7 Å². The SMILES string of the molecule is COc1ccc(C(O)CNc2ccccc2N(C)C)cc1. The fourth-order valence-electron chi connectivity index (χ4n) is 2.16. The maximum atomic E-state index is 10.3. The zero-order chi connectivity index (χ0) is 15.2. The number of methoxy groups -OCH3 is 1. The maximum absolute atomic E-state index is 10.3. The summed E-state index contributed by atoms with van der Waals surface area (Å²) in [5, 5.41) is 13.6. The minimum absolute atomic E-state index is 0.456. The molecule has 4 nitrogen and oxygen atoms in total. The molecule has 0 aliphatic rings. The highest BCUT2D eigenvalue weighted by Crippen LogP contribution is 2.25. The van der Waals surface area contributed by atoms with Crippen molar-refractivity contribution < 1.29 is 9.84 Å². The average Bonchev–Trinajstić information content (AvgIpc) is 2.52. The molecule has 2 N–H and O–H groups in total. The van der Waals surface area contributed by atoms with E-state index >= 15 is 0 Å². The Labute approximate surface area is 126 Å². The molecule has 0 aliphatic carbocycles. The van der Waals surface area contributed by atoms with E-state index in [1.165, 1.54) is 0 Å². The van der Waals surface area contributed by atoms with Crippen LogP contribution in [0, 0.1) is 0 Å². The van der Waals surface area contributed by atoms with Gasteiger partial charge in [-0.05, 0) is 29.8 Å². The van der Waals surface area contributed by atoms with Crippen molar-refractivity contribution in [3.05, 3.63) is 54.1 Å². The number of benzene rings is 2. The second kappa shape index (κ2) is 6.99. The molecule has 0 spiro atoms. The molecule has 4 heteroatoms. The maximum Gasteiger partial charge on any atom is 0.118 e. The van der Waals surface area contributed by atoms with Crippen molar-refractivity contribution in [3.63, 3.8) is 0 Å². The van der Waals surface area contributed by atoms with Crippen LogP contribution in [0.4, 0.5) is 11.4 Å². The number of anilines is 2. The predicted molar refractivity (Wildman–Crippen MR) is 87.2 cm³/mol. The number of aliphatic hydroxyl groups is 1. The standard InChI is InChI=1S/C17H22N2O2/c1-19(2)16-7-5-4-6-15(16)18-12-17(20)13-8-10-14(21-3)11-9-13/h4-11,17-18,20H,12H2,1-3H3. The molecule has 0 radical (unpaired) electrons. The van der Waals surface area contributed by atoms with Gasteiger partial charge in [-0.3, -0.25) is 0 Å². The van der Waals surface area contributed by atoms with Crippen LogP contribution in [0.25, 0.3) is 0 Å². The second-order valence-electron chi connectivity index (χ2n) is 5.08. The van der Waals surface area contributed by atoms with E-state index in [1.54, 1.807) is 7.11 Å². The minimum Gasteiger partial charge on any atom is -0.497 e. The lowest BCUT2D eigenvalue weighted by atomic mass is 10.1. The number of para-hydroxylation sites is 2. The fourth-order valence-corrected chi connectivity index (χ4v) is 2.16. The summed E-state index contributed by atoms with van der Waals surface area (Å²) in [6, 6.07) is 15.5. The van der Waals surface area contributed by atoms with Crippen LogP contribution in [0.15, 0.2) is 48.5 Å². The van der Waals surface area contributed by atoms with E-state index in [4.69, 9.17) is 4.74 Å². The monoisotopic (exact) mass is 286 g/mol. The van der Waals surface area contributed by atoms with Crippen LogP contribution in [0.5, 0.6) is 5.75 Å². The smallest absolute Gasteiger partial charge is 0.118 e. The van der Waals surface area contributed by atoms with Crippen LogP contribution < -0.4 is 15.0 Å². The van der Waals surface area contributed by atoms with Gasteiger partial charge in [0.2, 0.25) is 0 Å². The third kappa shape index (κ3) is 3.89. The Kier molecular flexibility index (Phi) is 5.06. The molecule has 0 amide bonds. The van der Waals surface area contributed by atoms with Crippen molar-refractivity contribution in [2.45, 2.75) is 6.10 Å². The van der Waals surface area contributed by atoms with Crippen molar-refractivity contribution in [3.8, 4) is 5.75 Å². The highest BCUT2D eigenvalue weighted by atomic mass is 16.5. The van der Waals surface area contributed by atoms with Gasteiger partial charge in [0.05, 0.1) is 24.6 Å². The van der Waals surface area contributed by atoms with E-state index < -0.39 is 6.10 Å². The van der Waals surface area contributed by atoms with Crippen molar-refractivity contribution in [2.24, 2.45) is 0 Å². The zero-order valence-corrected chi connectivity index (χ0v) is 12.7. The third-order valence-electron chi connectivity index (χ3n) is 3.37. The first-order chi connectivity index (χ1) is 10.1. The van der Waals surface area contributed by atoms with E-state index in [1.807, 2.05) is 67.5 Å². The largest absolute Gasteiger partial charge is 0.497 e. The molecule has 0 heterocycles. The number of ether oxygens (including phenoxy) is 1. The zero-order valence-electron chi connectivity index (χ0n) is 12.7. The average molecular weight is 286 g/mol. The Hall–Kier alpha value is -2.20. The molecule has 0 saturated carbocycles. The fraction of sp³-hybridized carbons (Fsp3) is 0.294. The summed E-state index contributed by atoms with van der Waals surface area (Å²) in [6.07, 6.45) is -0.564. The molecule has 2 rings (SSSR count). The molecule has 2 aromatic carbocycles. The molecule has 0 aromatic heterocycles. The quantitative estimate of drug-likeness (QED) is 0.857. The summed E-state index contributed by atoms with van der Waals surface area (Å²) in [5.74, 6) is 0.789. The van der Waals surface area contributed by atoms with Crippen LogP contribution in [0.3, 0.4) is 0 Å². The minimum atomic E-state index is -0.564. The van der Waals surface area contributed by atoms with Gasteiger partial charge in [-0.1, -0.05) is 24.3 Å². The number of hydrogen-bond donors (Lipinski definition) is 2. The summed E-state index contributed by atoms with van der Waals surface area (Å²) >= 11 is 0. The van der Waals surface area contributed by atoms with E-state index in [-0.39, 0.29) is 0 Å². The van der Waals surface area contributed by atoms with Crippen molar-refractivity contribution in [1.82, 2.24) is 0 Å². The van der Waals surface area contributed by atoms with Crippen molar-refractivity contribution >= 4 is 11.4 Å². The number of hydrogen-bond acceptors (Lipinski definition) is 4. The molecule has 1 unspecified atom stereocenters. The molecule has 2 aromatic rings. The number of nitrogens with zero attached hydrogens (tertiary/aromatic N) is 1. The van der Waals surface area contributed by atoms with Crippen LogP contribution in [0.1, 0.15) is 11.7 Å². The molecule has 0 fully saturated rings. The van der Waals surface area contributed by atoms with Crippen LogP contribution in [-0.4, -0.2) is 32.9 Å². The molecule has 112 valence electrons. The highest BCUT2D eigenvalue weighted by molar-refractivity contribution is 5.69. The van der Waals surface area contributed by atoms with Gasteiger partial charge >= 0.3 is 0 Å². The molecule has 21 heavy (non-hydrogen) atoms. The summed E-state index contributed by atoms with van der Waals surface area (Å²) in [4.78, 5) is 2.04. The molecule has 0 saturated heterocycles. The normalized spacial score (nSPS) is 11.8. The first-order valence-corrected chi connectivity index (χ1v) is 6.94. The first-order valence-electron chi connectivity index (χ1n) is 6.94. The van der Waals surface area contributed by atoms with Crippen LogP contribution >= 0.6 is 0 Å². The van der Waals surface area contributed by atoms with Gasteiger partial charge in [0.1, 0.15) is 5.75 Å². The van der Waals surface area contributed by atoms with Gasteiger partial charge in [0.15, 0.2) is 0 Å². The Morgan fingerprint density at radius 3 is 2.38 bits per heavy atom. The van der Waals surface area contributed by atoms with E-state index in [0.717, 1.165) is 22.7 Å². The summed E-state index contributed by atoms with van der Waals surface area (Å²) in [6.45, 7) is 0.456. The van der Waals surface area contributed by atoms with Crippen molar-refractivity contribution in [1.29, 1.82) is 0 Å². The third-order valence-corrected chi connectivity index (χ3v) is 3.37. The summed E-state index contributed by atoms with van der Waals surface area (Å²) in [7, 11) is 5.63. The molecule has 0 aliphatic heterocycles. The second-order valence-corrected chi connectivity index (χ2v) is 5.08. The molecule has 0 bridgehead atoms. The van der Waals surface area contributed by atoms with Crippen LogP contribution in [-0.2, 0) is 0 Å². The van der Waals surface area contributed by atoms with E-state index in [2.05, 4.69) is 5.32 Å². The van der Waals surface area contributed by atoms with Gasteiger partial charge in [-0.2, -0.15) is 0 Å². The number of aliphatic hydroxyl groups excluding tert-OH is 1. The van der Waals surface area contributed by atoms with Gasteiger partial charge in [0, 0.05) is 20.6 Å². The number of nitrogens with one attached hydrogen (secondary N) is 1. The Morgan fingerprint density at radius 1 is 1.10 bits per heavy atom. The Bertz CT molecular complexity index is 567. The predicted octanol–water partition coefficient (Wildman–Crippen LogP) is 2.91. The summed E-state index contributed by atoms with van der Waals surface area (Å²) in [5.41, 5.74) is 2.97. The van der Waals surface area contributed by atoms with Gasteiger partial charge in [-0.15, -0.1) is 0 Å². The Morgan fingerprint density at radius 2 is 1.76 bits per heavy atom. The molecular weight excluding hydrogens is 264 g/mol. The van der Waals surface area contributed by atoms with Crippen molar-refractivity contribution in [2.75, 3.05) is 38.0 Å². The highest BCUT2D eigenvalue weighted by Gasteiger charge is 2.09. The lowest BCUT2D eigenvalue weighted by molar-refractivity contribution is 0.191. The van der Waals surface area contributed by atoms with Gasteiger partial charge in [0.25, 0.3) is 0 Å². The van der Waals surface area contributed by atoms with Gasteiger partial charge in [-0.25, -0.2) is 0 Å². The first kappa shape index (κ1) is 15.2. The van der Waals surface area contributed by atoms with Gasteiger partial charge < -0.3 is 20.1 Å². The lowest BCUT2D eigenvalue weighted by Crippen LogP contribution is -2.16. The number of rotatable bonds is 6.